The molecule has 0 saturated carbocycles. The Hall–Kier alpha value is -1.26. The van der Waals surface area contributed by atoms with Crippen LogP contribution in [0.2, 0.25) is 0 Å². The Balaban J connectivity index is 2.72. The van der Waals surface area contributed by atoms with Crippen LogP contribution < -0.4 is 0 Å². The molecule has 2 atom stereocenters. The lowest BCUT2D eigenvalue weighted by Gasteiger charge is -2.34. The number of carboxylic acid groups (broad SMARTS) is 1. The van der Waals surface area contributed by atoms with Gasteiger partial charge in [-0.05, 0) is 18.8 Å². The first kappa shape index (κ1) is 10.8. The SMILES string of the molecule is COC(=O)N1CCC(C)CC1C(=O)O. The van der Waals surface area contributed by atoms with E-state index in [1.54, 1.807) is 0 Å². The van der Waals surface area contributed by atoms with Gasteiger partial charge in [0.15, 0.2) is 0 Å². The third-order valence-electron chi connectivity index (χ3n) is 2.56. The molecule has 5 nitrogen and oxygen atoms in total. The minimum Gasteiger partial charge on any atom is -0.480 e. The highest BCUT2D eigenvalue weighted by atomic mass is 16.5. The predicted octanol–water partition coefficient (Wildman–Crippen LogP) is 0.938. The van der Waals surface area contributed by atoms with Crippen molar-refractivity contribution in [2.24, 2.45) is 5.92 Å². The number of piperidine rings is 1. The first-order valence-corrected chi connectivity index (χ1v) is 4.63. The van der Waals surface area contributed by atoms with E-state index in [4.69, 9.17) is 5.11 Å². The Morgan fingerprint density at radius 2 is 2.14 bits per heavy atom. The van der Waals surface area contributed by atoms with Gasteiger partial charge in [-0.25, -0.2) is 9.59 Å². The van der Waals surface area contributed by atoms with Crippen molar-refractivity contribution < 1.29 is 19.4 Å². The molecule has 1 rings (SSSR count). The third-order valence-corrected chi connectivity index (χ3v) is 2.56. The van der Waals surface area contributed by atoms with Crippen LogP contribution in [-0.4, -0.2) is 41.8 Å². The van der Waals surface area contributed by atoms with Gasteiger partial charge < -0.3 is 9.84 Å². The zero-order valence-corrected chi connectivity index (χ0v) is 8.40. The van der Waals surface area contributed by atoms with Gasteiger partial charge in [0.2, 0.25) is 0 Å². The molecule has 5 heteroatoms. The molecule has 1 N–H and O–H groups in total. The molecule has 0 aliphatic carbocycles. The van der Waals surface area contributed by atoms with Crippen molar-refractivity contribution in [3.05, 3.63) is 0 Å². The highest BCUT2D eigenvalue weighted by Gasteiger charge is 2.35. The van der Waals surface area contributed by atoms with Gasteiger partial charge in [0.05, 0.1) is 7.11 Å². The largest absolute Gasteiger partial charge is 0.480 e. The molecule has 1 amide bonds. The molecular weight excluding hydrogens is 186 g/mol. The molecule has 80 valence electrons. The summed E-state index contributed by atoms with van der Waals surface area (Å²) in [5.74, 6) is -0.612. The summed E-state index contributed by atoms with van der Waals surface area (Å²) >= 11 is 0. The number of amides is 1. The smallest absolute Gasteiger partial charge is 0.410 e. The van der Waals surface area contributed by atoms with Crippen LogP contribution in [0.15, 0.2) is 0 Å². The number of methoxy groups -OCH3 is 1. The Labute approximate surface area is 82.6 Å². The molecule has 0 aromatic carbocycles. The molecule has 14 heavy (non-hydrogen) atoms. The summed E-state index contributed by atoms with van der Waals surface area (Å²) < 4.78 is 4.53. The summed E-state index contributed by atoms with van der Waals surface area (Å²) in [6.07, 6.45) is 0.785. The second kappa shape index (κ2) is 4.30. The van der Waals surface area contributed by atoms with E-state index in [0.29, 0.717) is 18.9 Å². The van der Waals surface area contributed by atoms with Crippen LogP contribution in [0.25, 0.3) is 0 Å². The molecule has 0 aromatic rings. The van der Waals surface area contributed by atoms with Crippen molar-refractivity contribution in [3.63, 3.8) is 0 Å². The molecular formula is C9H15NO4. The molecule has 1 aliphatic heterocycles. The second-order valence-electron chi connectivity index (χ2n) is 3.65. The standard InChI is InChI=1S/C9H15NO4/c1-6-3-4-10(9(13)14-2)7(5-6)8(11)12/h6-7H,3-5H2,1-2H3,(H,11,12). The lowest BCUT2D eigenvalue weighted by atomic mass is 9.93. The quantitative estimate of drug-likeness (QED) is 0.685. The van der Waals surface area contributed by atoms with Gasteiger partial charge in [-0.2, -0.15) is 0 Å². The van der Waals surface area contributed by atoms with E-state index in [-0.39, 0.29) is 0 Å². The number of hydrogen-bond acceptors (Lipinski definition) is 3. The van der Waals surface area contributed by atoms with Gasteiger partial charge in [-0.3, -0.25) is 4.90 Å². The topological polar surface area (TPSA) is 66.8 Å². The van der Waals surface area contributed by atoms with Gasteiger partial charge in [0.25, 0.3) is 0 Å². The van der Waals surface area contributed by atoms with Crippen molar-refractivity contribution in [2.45, 2.75) is 25.8 Å². The van der Waals surface area contributed by atoms with E-state index >= 15 is 0 Å². The number of carbonyl (C=O) groups excluding carboxylic acids is 1. The first-order valence-electron chi connectivity index (χ1n) is 4.63. The minimum absolute atomic E-state index is 0.344. The zero-order valence-electron chi connectivity index (χ0n) is 8.40. The van der Waals surface area contributed by atoms with Crippen LogP contribution >= 0.6 is 0 Å². The fourth-order valence-electron chi connectivity index (χ4n) is 1.71. The Bertz CT molecular complexity index is 241. The van der Waals surface area contributed by atoms with Gasteiger partial charge in [0.1, 0.15) is 6.04 Å². The van der Waals surface area contributed by atoms with E-state index in [1.165, 1.54) is 12.0 Å². The average Bonchev–Trinajstić information content (AvgIpc) is 2.16. The van der Waals surface area contributed by atoms with Gasteiger partial charge in [-0.1, -0.05) is 6.92 Å². The maximum absolute atomic E-state index is 11.2. The number of likely N-dealkylation sites (tertiary alicyclic amines) is 1. The summed E-state index contributed by atoms with van der Waals surface area (Å²) in [4.78, 5) is 23.4. The number of nitrogens with zero attached hydrogens (tertiary/aromatic N) is 1. The van der Waals surface area contributed by atoms with Crippen LogP contribution in [0.1, 0.15) is 19.8 Å². The normalized spacial score (nSPS) is 27.1. The minimum atomic E-state index is -0.957. The molecule has 1 fully saturated rings. The zero-order chi connectivity index (χ0) is 10.7. The highest BCUT2D eigenvalue weighted by molar-refractivity contribution is 5.80. The predicted molar refractivity (Wildman–Crippen MR) is 48.9 cm³/mol. The van der Waals surface area contributed by atoms with Crippen molar-refractivity contribution in [1.29, 1.82) is 0 Å². The van der Waals surface area contributed by atoms with E-state index in [9.17, 15) is 9.59 Å². The van der Waals surface area contributed by atoms with Crippen LogP contribution in [0.3, 0.4) is 0 Å². The van der Waals surface area contributed by atoms with E-state index in [2.05, 4.69) is 4.74 Å². The summed E-state index contributed by atoms with van der Waals surface area (Å²) in [6.45, 7) is 2.45. The van der Waals surface area contributed by atoms with E-state index in [1.807, 2.05) is 6.92 Å². The molecule has 2 unspecified atom stereocenters. The van der Waals surface area contributed by atoms with Crippen LogP contribution in [0.4, 0.5) is 4.79 Å². The molecule has 0 bridgehead atoms. The van der Waals surface area contributed by atoms with E-state index in [0.717, 1.165) is 6.42 Å². The lowest BCUT2D eigenvalue weighted by Crippen LogP contribution is -2.49. The fourth-order valence-corrected chi connectivity index (χ4v) is 1.71. The number of aliphatic carboxylic acids is 1. The molecule has 0 spiro atoms. The monoisotopic (exact) mass is 201 g/mol. The fraction of sp³-hybridized carbons (Fsp3) is 0.778. The number of ether oxygens (including phenoxy) is 1. The summed E-state index contributed by atoms with van der Waals surface area (Å²) in [7, 11) is 1.26. The summed E-state index contributed by atoms with van der Waals surface area (Å²) in [5, 5.41) is 8.92. The molecule has 0 radical (unpaired) electrons. The molecule has 1 heterocycles. The van der Waals surface area contributed by atoms with E-state index < -0.39 is 18.1 Å². The Morgan fingerprint density at radius 3 is 2.64 bits per heavy atom. The Kier molecular flexibility index (Phi) is 3.33. The van der Waals surface area contributed by atoms with Crippen molar-refractivity contribution in [1.82, 2.24) is 4.90 Å². The highest BCUT2D eigenvalue weighted by Crippen LogP contribution is 2.23. The lowest BCUT2D eigenvalue weighted by molar-refractivity contribution is -0.144. The first-order chi connectivity index (χ1) is 6.56. The maximum Gasteiger partial charge on any atom is 0.410 e. The number of carboxylic acids is 1. The van der Waals surface area contributed by atoms with Crippen LogP contribution in [0, 0.1) is 5.92 Å². The summed E-state index contributed by atoms with van der Waals surface area (Å²) in [5.41, 5.74) is 0. The van der Waals surface area contributed by atoms with Crippen molar-refractivity contribution in [3.8, 4) is 0 Å². The van der Waals surface area contributed by atoms with Crippen molar-refractivity contribution >= 4 is 12.1 Å². The van der Waals surface area contributed by atoms with Crippen molar-refractivity contribution in [2.75, 3.05) is 13.7 Å². The maximum atomic E-state index is 11.2. The van der Waals surface area contributed by atoms with Gasteiger partial charge in [-0.15, -0.1) is 0 Å². The molecule has 1 saturated heterocycles. The third kappa shape index (κ3) is 2.16. The van der Waals surface area contributed by atoms with Gasteiger partial charge >= 0.3 is 12.1 Å². The van der Waals surface area contributed by atoms with Gasteiger partial charge in [0, 0.05) is 6.54 Å². The van der Waals surface area contributed by atoms with Crippen LogP contribution in [-0.2, 0) is 9.53 Å². The molecule has 1 aliphatic rings. The molecule has 0 aromatic heterocycles. The van der Waals surface area contributed by atoms with Crippen LogP contribution in [0.5, 0.6) is 0 Å². The number of hydrogen-bond donors (Lipinski definition) is 1. The number of rotatable bonds is 1. The number of carbonyl (C=O) groups is 2. The average molecular weight is 201 g/mol. The summed E-state index contributed by atoms with van der Waals surface area (Å²) in [6, 6.07) is -0.730. The Morgan fingerprint density at radius 1 is 1.50 bits per heavy atom. The second-order valence-corrected chi connectivity index (χ2v) is 3.65.